The monoisotopic (exact) mass is 450 g/mol. The normalized spacial score (nSPS) is 11.7. The van der Waals surface area contributed by atoms with Crippen LogP contribution in [0.3, 0.4) is 0 Å². The number of carbonyl (C=O) groups is 2. The van der Waals surface area contributed by atoms with Gasteiger partial charge in [-0.3, -0.25) is 9.59 Å². The zero-order chi connectivity index (χ0) is 22.3. The van der Waals surface area contributed by atoms with E-state index < -0.39 is 6.04 Å². The van der Waals surface area contributed by atoms with Crippen LogP contribution in [0, 0.1) is 13.8 Å². The van der Waals surface area contributed by atoms with E-state index in [4.69, 9.17) is 27.9 Å². The lowest BCUT2D eigenvalue weighted by molar-refractivity contribution is -0.142. The molecule has 5 nitrogen and oxygen atoms in total. The van der Waals surface area contributed by atoms with Crippen LogP contribution in [0.5, 0.6) is 5.75 Å². The average molecular weight is 451 g/mol. The van der Waals surface area contributed by atoms with Crippen LogP contribution in [-0.4, -0.2) is 35.9 Å². The smallest absolute Gasteiger partial charge is 0.261 e. The fraction of sp³-hybridized carbons (Fsp3) is 0.391. The van der Waals surface area contributed by atoms with Gasteiger partial charge in [-0.15, -0.1) is 0 Å². The molecule has 2 rings (SSSR count). The zero-order valence-corrected chi connectivity index (χ0v) is 19.3. The quantitative estimate of drug-likeness (QED) is 0.588. The molecule has 1 N–H and O–H groups in total. The number of halogens is 2. The molecule has 0 saturated heterocycles. The van der Waals surface area contributed by atoms with Crippen LogP contribution in [0.25, 0.3) is 0 Å². The van der Waals surface area contributed by atoms with Gasteiger partial charge in [-0.2, -0.15) is 0 Å². The summed E-state index contributed by atoms with van der Waals surface area (Å²) in [6.07, 6.45) is 0.448. The molecular weight excluding hydrogens is 423 g/mol. The molecule has 0 radical (unpaired) electrons. The summed E-state index contributed by atoms with van der Waals surface area (Å²) >= 11 is 12.6. The highest BCUT2D eigenvalue weighted by Gasteiger charge is 2.29. The van der Waals surface area contributed by atoms with Crippen LogP contribution in [0.2, 0.25) is 10.0 Å². The van der Waals surface area contributed by atoms with Gasteiger partial charge in [0.1, 0.15) is 11.8 Å². The Balaban J connectivity index is 2.27. The summed E-state index contributed by atoms with van der Waals surface area (Å²) in [5, 5.41) is 3.69. The summed E-state index contributed by atoms with van der Waals surface area (Å²) in [5.74, 6) is 0.0678. The number of aryl methyl sites for hydroxylation is 2. The van der Waals surface area contributed by atoms with Gasteiger partial charge in [0, 0.05) is 28.7 Å². The summed E-state index contributed by atoms with van der Waals surface area (Å²) in [4.78, 5) is 27.2. The summed E-state index contributed by atoms with van der Waals surface area (Å²) < 4.78 is 5.73. The number of likely N-dealkylation sites (N-methyl/N-ethyl adjacent to an activating group) is 1. The third-order valence-corrected chi connectivity index (χ3v) is 5.68. The van der Waals surface area contributed by atoms with E-state index in [1.807, 2.05) is 45.9 Å². The van der Waals surface area contributed by atoms with Crippen molar-refractivity contribution in [2.45, 2.75) is 46.7 Å². The average Bonchev–Trinajstić information content (AvgIpc) is 2.70. The van der Waals surface area contributed by atoms with E-state index in [1.54, 1.807) is 18.2 Å². The molecule has 0 aliphatic carbocycles. The van der Waals surface area contributed by atoms with Crippen LogP contribution < -0.4 is 10.1 Å². The first kappa shape index (κ1) is 24.0. The predicted molar refractivity (Wildman–Crippen MR) is 121 cm³/mol. The molecule has 1 atom stereocenters. The Kier molecular flexibility index (Phi) is 9.00. The van der Waals surface area contributed by atoms with E-state index in [-0.39, 0.29) is 25.0 Å². The molecule has 0 saturated carbocycles. The van der Waals surface area contributed by atoms with Gasteiger partial charge in [0.15, 0.2) is 6.61 Å². The fourth-order valence-corrected chi connectivity index (χ4v) is 3.61. The number of amides is 2. The Morgan fingerprint density at radius 3 is 2.30 bits per heavy atom. The summed E-state index contributed by atoms with van der Waals surface area (Å²) in [5.41, 5.74) is 2.82. The van der Waals surface area contributed by atoms with Crippen molar-refractivity contribution in [3.63, 3.8) is 0 Å². The number of hydrogen-bond donors (Lipinski definition) is 1. The lowest BCUT2D eigenvalue weighted by Gasteiger charge is -2.31. The maximum Gasteiger partial charge on any atom is 0.261 e. The summed E-state index contributed by atoms with van der Waals surface area (Å²) in [7, 11) is 0. The Labute approximate surface area is 188 Å². The van der Waals surface area contributed by atoms with Gasteiger partial charge in [0.05, 0.1) is 0 Å². The van der Waals surface area contributed by atoms with Crippen molar-refractivity contribution in [2.24, 2.45) is 0 Å². The highest BCUT2D eigenvalue weighted by Crippen LogP contribution is 2.27. The number of hydrogen-bond acceptors (Lipinski definition) is 3. The van der Waals surface area contributed by atoms with Crippen LogP contribution in [0.1, 0.15) is 37.0 Å². The molecule has 1 unspecified atom stereocenters. The van der Waals surface area contributed by atoms with Crippen LogP contribution in [0.15, 0.2) is 36.4 Å². The second kappa shape index (κ2) is 11.2. The van der Waals surface area contributed by atoms with Crippen molar-refractivity contribution in [3.05, 3.63) is 63.1 Å². The molecule has 0 spiro atoms. The highest BCUT2D eigenvalue weighted by atomic mass is 35.5. The molecule has 0 aromatic heterocycles. The number of nitrogens with zero attached hydrogens (tertiary/aromatic N) is 1. The van der Waals surface area contributed by atoms with Crippen LogP contribution in [-0.2, 0) is 16.1 Å². The molecule has 30 heavy (non-hydrogen) atoms. The van der Waals surface area contributed by atoms with Crippen molar-refractivity contribution >= 4 is 35.0 Å². The summed E-state index contributed by atoms with van der Waals surface area (Å²) in [6.45, 7) is 8.09. The second-order valence-electron chi connectivity index (χ2n) is 7.08. The van der Waals surface area contributed by atoms with Crippen molar-refractivity contribution in [2.75, 3.05) is 13.2 Å². The molecule has 0 heterocycles. The van der Waals surface area contributed by atoms with Crippen molar-refractivity contribution in [1.29, 1.82) is 0 Å². The lowest BCUT2D eigenvalue weighted by Crippen LogP contribution is -2.50. The van der Waals surface area contributed by atoms with E-state index in [9.17, 15) is 9.59 Å². The molecule has 0 fully saturated rings. The minimum absolute atomic E-state index is 0.114. The molecule has 7 heteroatoms. The SMILES string of the molecule is CCNC(=O)C(CC)N(Cc1c(Cl)cccc1Cl)C(=O)COc1ccc(C)c(C)c1. The van der Waals surface area contributed by atoms with Gasteiger partial charge in [0.25, 0.3) is 5.91 Å². The maximum absolute atomic E-state index is 13.1. The van der Waals surface area contributed by atoms with E-state index in [0.717, 1.165) is 11.1 Å². The number of ether oxygens (including phenoxy) is 1. The predicted octanol–water partition coefficient (Wildman–Crippen LogP) is 4.93. The van der Waals surface area contributed by atoms with Crippen molar-refractivity contribution < 1.29 is 14.3 Å². The third kappa shape index (κ3) is 6.13. The van der Waals surface area contributed by atoms with Gasteiger partial charge in [0.2, 0.25) is 5.91 Å². The molecule has 2 amide bonds. The summed E-state index contributed by atoms with van der Waals surface area (Å²) in [6, 6.07) is 10.2. The Bertz CT molecular complexity index is 882. The van der Waals surface area contributed by atoms with Crippen molar-refractivity contribution in [3.8, 4) is 5.75 Å². The Morgan fingerprint density at radius 2 is 1.73 bits per heavy atom. The Hall–Kier alpha value is -2.24. The van der Waals surface area contributed by atoms with E-state index >= 15 is 0 Å². The number of rotatable bonds is 9. The standard InChI is InChI=1S/C23H28Cl2N2O3/c1-5-21(23(29)26-6-2)27(13-18-19(24)8-7-9-20(18)25)22(28)14-30-17-11-10-15(3)16(4)12-17/h7-12,21H,5-6,13-14H2,1-4H3,(H,26,29). The molecule has 0 aliphatic heterocycles. The van der Waals surface area contributed by atoms with Crippen molar-refractivity contribution in [1.82, 2.24) is 10.2 Å². The Morgan fingerprint density at radius 1 is 1.07 bits per heavy atom. The maximum atomic E-state index is 13.1. The fourth-order valence-electron chi connectivity index (χ4n) is 3.10. The van der Waals surface area contributed by atoms with Gasteiger partial charge in [-0.05, 0) is 62.6 Å². The minimum Gasteiger partial charge on any atom is -0.484 e. The largest absolute Gasteiger partial charge is 0.484 e. The van der Waals surface area contributed by atoms with E-state index in [2.05, 4.69) is 5.32 Å². The number of nitrogens with one attached hydrogen (secondary N) is 1. The number of carbonyl (C=O) groups excluding carboxylic acids is 2. The van der Waals surface area contributed by atoms with E-state index in [1.165, 1.54) is 4.90 Å². The molecular formula is C23H28Cl2N2O3. The molecule has 162 valence electrons. The lowest BCUT2D eigenvalue weighted by atomic mass is 10.1. The highest BCUT2D eigenvalue weighted by molar-refractivity contribution is 6.36. The van der Waals surface area contributed by atoms with E-state index in [0.29, 0.717) is 34.3 Å². The molecule has 0 bridgehead atoms. The minimum atomic E-state index is -0.659. The first-order valence-corrected chi connectivity index (χ1v) is 10.7. The van der Waals surface area contributed by atoms with Gasteiger partial charge in [-0.1, -0.05) is 42.3 Å². The first-order chi connectivity index (χ1) is 14.3. The molecule has 2 aromatic rings. The topological polar surface area (TPSA) is 58.6 Å². The third-order valence-electron chi connectivity index (χ3n) is 4.97. The van der Waals surface area contributed by atoms with Crippen LogP contribution >= 0.6 is 23.2 Å². The zero-order valence-electron chi connectivity index (χ0n) is 17.8. The molecule has 2 aromatic carbocycles. The van der Waals surface area contributed by atoms with Gasteiger partial charge < -0.3 is 15.0 Å². The van der Waals surface area contributed by atoms with Gasteiger partial charge in [-0.25, -0.2) is 0 Å². The molecule has 0 aliphatic rings. The van der Waals surface area contributed by atoms with Gasteiger partial charge >= 0.3 is 0 Å². The number of benzene rings is 2. The first-order valence-electron chi connectivity index (χ1n) is 9.98. The second-order valence-corrected chi connectivity index (χ2v) is 7.89. The van der Waals surface area contributed by atoms with Crippen LogP contribution in [0.4, 0.5) is 0 Å².